The van der Waals surface area contributed by atoms with Crippen LogP contribution in [0, 0.1) is 11.2 Å². The van der Waals surface area contributed by atoms with E-state index in [9.17, 15) is 13.7 Å². The molecule has 0 bridgehead atoms. The first kappa shape index (κ1) is 20.4. The van der Waals surface area contributed by atoms with Gasteiger partial charge in [0.05, 0.1) is 27.0 Å². The summed E-state index contributed by atoms with van der Waals surface area (Å²) >= 11 is -1.67. The van der Waals surface area contributed by atoms with E-state index in [-0.39, 0.29) is 23.8 Å². The van der Waals surface area contributed by atoms with Crippen LogP contribution in [-0.4, -0.2) is 51.9 Å². The average molecular weight is 433 g/mol. The molecule has 3 heterocycles. The number of ether oxygens (including phenoxy) is 2. The zero-order valence-corrected chi connectivity index (χ0v) is 17.1. The molecule has 3 atom stereocenters. The van der Waals surface area contributed by atoms with E-state index in [1.165, 1.54) is 48.9 Å². The van der Waals surface area contributed by atoms with Crippen LogP contribution in [0.1, 0.15) is 22.5 Å². The first-order valence-electron chi connectivity index (χ1n) is 9.10. The topological polar surface area (TPSA) is 123 Å². The van der Waals surface area contributed by atoms with E-state index in [0.29, 0.717) is 17.9 Å². The summed E-state index contributed by atoms with van der Waals surface area (Å²) in [5.41, 5.74) is -1.34. The Balaban J connectivity index is 1.64. The Bertz CT molecular complexity index is 991. The Hall–Kier alpha value is -2.89. The minimum absolute atomic E-state index is 0.0913. The van der Waals surface area contributed by atoms with Gasteiger partial charge in [-0.15, -0.1) is 0 Å². The summed E-state index contributed by atoms with van der Waals surface area (Å²) in [4.78, 5) is 16.6. The van der Waals surface area contributed by atoms with Gasteiger partial charge in [-0.1, -0.05) is 0 Å². The Morgan fingerprint density at radius 1 is 1.50 bits per heavy atom. The smallest absolute Gasteiger partial charge is 0.274 e. The van der Waals surface area contributed by atoms with Crippen LogP contribution in [-0.2, 0) is 21.6 Å². The standard InChI is InChI=1S/C19H20FN5O4S/c1-25-18(21)24-19(7-8-29-17(19)30(25)27)13-9-11(3-5-14(13)20)23-16(26)15-6-4-12(28-2)10-22-15/h3-6,9-10,17H,7-8H2,1-2H3,(H2,21,24)(H,23,26). The lowest BCUT2D eigenvalue weighted by Crippen LogP contribution is -2.65. The Morgan fingerprint density at radius 2 is 2.30 bits per heavy atom. The van der Waals surface area contributed by atoms with E-state index in [4.69, 9.17) is 14.9 Å². The quantitative estimate of drug-likeness (QED) is 0.626. The molecule has 11 heteroatoms. The molecule has 158 valence electrons. The first-order chi connectivity index (χ1) is 14.4. The molecule has 3 unspecified atom stereocenters. The third-order valence-electron chi connectivity index (χ3n) is 5.19. The SMILES string of the molecule is COc1ccc(C(=O)Nc2ccc(F)c(C34CCOC3[S+]([O-])N(C)C(=N)N4)c2)nc1. The van der Waals surface area contributed by atoms with Crippen molar-refractivity contribution in [3.05, 3.63) is 53.6 Å². The molecule has 2 aromatic rings. The van der Waals surface area contributed by atoms with E-state index < -0.39 is 34.1 Å². The third-order valence-corrected chi connectivity index (χ3v) is 6.81. The molecule has 0 radical (unpaired) electrons. The number of anilines is 1. The van der Waals surface area contributed by atoms with Crippen molar-refractivity contribution in [1.29, 1.82) is 5.41 Å². The fraction of sp³-hybridized carbons (Fsp3) is 0.316. The van der Waals surface area contributed by atoms with Crippen LogP contribution in [0.2, 0.25) is 0 Å². The maximum Gasteiger partial charge on any atom is 0.274 e. The maximum absolute atomic E-state index is 14.9. The molecule has 2 aliphatic rings. The molecule has 0 saturated carbocycles. The van der Waals surface area contributed by atoms with Gasteiger partial charge in [-0.3, -0.25) is 10.2 Å². The molecule has 1 aromatic carbocycles. The van der Waals surface area contributed by atoms with Crippen molar-refractivity contribution >= 4 is 28.9 Å². The van der Waals surface area contributed by atoms with Crippen molar-refractivity contribution in [2.75, 3.05) is 26.1 Å². The number of methoxy groups -OCH3 is 1. The van der Waals surface area contributed by atoms with Crippen molar-refractivity contribution in [1.82, 2.24) is 14.6 Å². The van der Waals surface area contributed by atoms with Gasteiger partial charge in [-0.05, 0) is 30.3 Å². The van der Waals surface area contributed by atoms with Gasteiger partial charge < -0.3 is 24.7 Å². The molecule has 30 heavy (non-hydrogen) atoms. The van der Waals surface area contributed by atoms with Gasteiger partial charge >= 0.3 is 0 Å². The van der Waals surface area contributed by atoms with Gasteiger partial charge in [0.1, 0.15) is 34.2 Å². The highest BCUT2D eigenvalue weighted by atomic mass is 32.2. The van der Waals surface area contributed by atoms with E-state index in [1.807, 2.05) is 0 Å². The summed E-state index contributed by atoms with van der Waals surface area (Å²) < 4.78 is 39.5. The molecule has 1 amide bonds. The number of pyridine rings is 1. The fourth-order valence-corrected chi connectivity index (χ4v) is 4.94. The summed E-state index contributed by atoms with van der Waals surface area (Å²) in [7, 11) is 3.01. The van der Waals surface area contributed by atoms with Gasteiger partial charge in [0.15, 0.2) is 0 Å². The second-order valence-electron chi connectivity index (χ2n) is 6.90. The zero-order valence-electron chi connectivity index (χ0n) is 16.3. The number of hydrogen-bond acceptors (Lipinski definition) is 6. The van der Waals surface area contributed by atoms with Crippen LogP contribution in [0.4, 0.5) is 10.1 Å². The normalized spacial score (nSPS) is 25.5. The van der Waals surface area contributed by atoms with Gasteiger partial charge in [0.2, 0.25) is 5.96 Å². The Kier molecular flexibility index (Phi) is 5.26. The number of amides is 1. The molecule has 3 N–H and O–H groups in total. The van der Waals surface area contributed by atoms with Crippen molar-refractivity contribution < 1.29 is 23.2 Å². The summed E-state index contributed by atoms with van der Waals surface area (Å²) in [6.45, 7) is 0.260. The molecular formula is C19H20FN5O4S. The fourth-order valence-electron chi connectivity index (χ4n) is 3.57. The molecule has 0 spiro atoms. The molecule has 9 nitrogen and oxygen atoms in total. The predicted octanol–water partition coefficient (Wildman–Crippen LogP) is 1.56. The molecule has 0 aliphatic carbocycles. The van der Waals surface area contributed by atoms with Crippen molar-refractivity contribution in [2.24, 2.45) is 0 Å². The molecule has 2 aliphatic heterocycles. The van der Waals surface area contributed by atoms with E-state index in [1.54, 1.807) is 6.07 Å². The van der Waals surface area contributed by atoms with Crippen molar-refractivity contribution in [3.8, 4) is 5.75 Å². The lowest BCUT2D eigenvalue weighted by atomic mass is 9.87. The molecule has 2 fully saturated rings. The minimum atomic E-state index is -1.67. The monoisotopic (exact) mass is 433 g/mol. The Morgan fingerprint density at radius 3 is 3.00 bits per heavy atom. The van der Waals surface area contributed by atoms with Crippen LogP contribution >= 0.6 is 0 Å². The third kappa shape index (κ3) is 3.34. The van der Waals surface area contributed by atoms with E-state index in [0.717, 1.165) is 0 Å². The van der Waals surface area contributed by atoms with Gasteiger partial charge in [-0.2, -0.15) is 4.31 Å². The molecule has 2 saturated heterocycles. The average Bonchev–Trinajstić information content (AvgIpc) is 3.18. The van der Waals surface area contributed by atoms with E-state index in [2.05, 4.69) is 15.6 Å². The number of guanidine groups is 1. The number of benzene rings is 1. The lowest BCUT2D eigenvalue weighted by molar-refractivity contribution is 0.102. The molecule has 1 aromatic heterocycles. The van der Waals surface area contributed by atoms with Gasteiger partial charge in [-0.25, -0.2) is 9.37 Å². The lowest BCUT2D eigenvalue weighted by Gasteiger charge is -2.43. The minimum Gasteiger partial charge on any atom is -0.591 e. The van der Waals surface area contributed by atoms with Crippen LogP contribution < -0.4 is 15.4 Å². The van der Waals surface area contributed by atoms with E-state index >= 15 is 0 Å². The number of fused-ring (bicyclic) bond motifs is 1. The number of nitrogens with zero attached hydrogens (tertiary/aromatic N) is 2. The summed E-state index contributed by atoms with van der Waals surface area (Å²) in [6.07, 6.45) is 1.75. The highest BCUT2D eigenvalue weighted by Gasteiger charge is 2.60. The largest absolute Gasteiger partial charge is 0.591 e. The number of nitrogens with one attached hydrogen (secondary N) is 3. The molecular weight excluding hydrogens is 413 g/mol. The van der Waals surface area contributed by atoms with Crippen LogP contribution in [0.25, 0.3) is 0 Å². The number of hydrogen-bond donors (Lipinski definition) is 3. The predicted molar refractivity (Wildman–Crippen MR) is 108 cm³/mol. The number of rotatable bonds is 4. The Labute approximate surface area is 175 Å². The number of carbonyl (C=O) groups excluding carboxylic acids is 1. The first-order valence-corrected chi connectivity index (χ1v) is 10.3. The summed E-state index contributed by atoms with van der Waals surface area (Å²) in [6, 6.07) is 7.26. The number of carbonyl (C=O) groups is 1. The highest BCUT2D eigenvalue weighted by molar-refractivity contribution is 7.90. The summed E-state index contributed by atoms with van der Waals surface area (Å²) in [5, 5.41) is 13.7. The second-order valence-corrected chi connectivity index (χ2v) is 8.43. The molecule has 4 rings (SSSR count). The van der Waals surface area contributed by atoms with Crippen molar-refractivity contribution in [2.45, 2.75) is 17.4 Å². The van der Waals surface area contributed by atoms with Crippen LogP contribution in [0.5, 0.6) is 5.75 Å². The zero-order chi connectivity index (χ0) is 21.5. The van der Waals surface area contributed by atoms with Gasteiger partial charge in [0.25, 0.3) is 11.3 Å². The van der Waals surface area contributed by atoms with Crippen LogP contribution in [0.3, 0.4) is 0 Å². The van der Waals surface area contributed by atoms with Crippen LogP contribution in [0.15, 0.2) is 36.5 Å². The number of aromatic nitrogens is 1. The summed E-state index contributed by atoms with van der Waals surface area (Å²) in [5.74, 6) is -0.593. The second kappa shape index (κ2) is 7.74. The van der Waals surface area contributed by atoms with Gasteiger partial charge in [0, 0.05) is 17.7 Å². The van der Waals surface area contributed by atoms with Crippen molar-refractivity contribution in [3.63, 3.8) is 0 Å². The number of halogens is 1. The highest BCUT2D eigenvalue weighted by Crippen LogP contribution is 2.43. The maximum atomic E-state index is 14.9.